The minimum absolute atomic E-state index is 0. The molecule has 0 amide bonds. The van der Waals surface area contributed by atoms with Crippen LogP contribution < -0.4 is 18.9 Å². The van der Waals surface area contributed by atoms with Gasteiger partial charge in [0.05, 0.1) is 0 Å². The van der Waals surface area contributed by atoms with Gasteiger partial charge in [-0.2, -0.15) is 6.07 Å². The second kappa shape index (κ2) is 6.68. The Bertz CT molecular complexity index is 484. The van der Waals surface area contributed by atoms with Crippen molar-refractivity contribution in [2.24, 2.45) is 0 Å². The fraction of sp³-hybridized carbons (Fsp3) is 0.400. The first kappa shape index (κ1) is 15.7. The van der Waals surface area contributed by atoms with Crippen molar-refractivity contribution in [1.82, 2.24) is 0 Å². The van der Waals surface area contributed by atoms with E-state index in [0.717, 1.165) is 19.4 Å². The van der Waals surface area contributed by atoms with Crippen molar-refractivity contribution < 1.29 is 23.3 Å². The quantitative estimate of drug-likeness (QED) is 0.443. The minimum atomic E-state index is -1.33. The van der Waals surface area contributed by atoms with Gasteiger partial charge in [-0.1, -0.05) is 12.5 Å². The molecule has 2 rings (SSSR count). The molecule has 0 atom stereocenters. The second-order valence-corrected chi connectivity index (χ2v) is 10.0. The Morgan fingerprint density at radius 1 is 1.11 bits per heavy atom. The topological polar surface area (TPSA) is 9.23 Å². The van der Waals surface area contributed by atoms with Gasteiger partial charge in [-0.15, -0.1) is 40.6 Å². The van der Waals surface area contributed by atoms with Gasteiger partial charge in [0.15, 0.2) is 8.32 Å². The van der Waals surface area contributed by atoms with Crippen LogP contribution in [0.4, 0.5) is 0 Å². The molecule has 0 saturated carbocycles. The van der Waals surface area contributed by atoms with Crippen LogP contribution in [0.15, 0.2) is 36.4 Å². The summed E-state index contributed by atoms with van der Waals surface area (Å²) in [7, 11) is -1.33. The predicted octanol–water partition coefficient (Wildman–Crippen LogP) is 1.35. The molecule has 2 aromatic carbocycles. The number of rotatable bonds is 5. The summed E-state index contributed by atoms with van der Waals surface area (Å²) in [6.07, 6.45) is 2.25. The van der Waals surface area contributed by atoms with E-state index < -0.39 is 8.32 Å². The molecule has 3 heteroatoms. The SMILES string of the molecule is C[Si](C)(C)OCCC[c-]1ccc2ccccc21.[Li+]. The molecule has 0 radical (unpaired) electrons. The first-order valence-corrected chi connectivity index (χ1v) is 9.74. The van der Waals surface area contributed by atoms with Gasteiger partial charge in [0.2, 0.25) is 0 Å². The number of aryl methyl sites for hydroxylation is 1. The minimum Gasteiger partial charge on any atom is -0.418 e. The molecule has 0 spiro atoms. The van der Waals surface area contributed by atoms with E-state index in [1.165, 1.54) is 16.3 Å². The molecule has 2 aromatic rings. The molecular formula is C15H21LiOSi. The van der Waals surface area contributed by atoms with Gasteiger partial charge in [-0.05, 0) is 26.1 Å². The van der Waals surface area contributed by atoms with Crippen LogP contribution in [0.5, 0.6) is 0 Å². The standard InChI is InChI=1S/C15H21OSi.Li/c1-17(2,3)16-12-6-8-14-11-10-13-7-4-5-9-15(13)14;/h4-5,7,9-11H,6,8,12H2,1-3H3;/q-1;+1. The summed E-state index contributed by atoms with van der Waals surface area (Å²) in [4.78, 5) is 0. The maximum absolute atomic E-state index is 5.88. The number of fused-ring (bicyclic) bond motifs is 1. The summed E-state index contributed by atoms with van der Waals surface area (Å²) in [5.41, 5.74) is 1.46. The van der Waals surface area contributed by atoms with Crippen LogP contribution >= 0.6 is 0 Å². The van der Waals surface area contributed by atoms with Gasteiger partial charge in [0.25, 0.3) is 0 Å². The monoisotopic (exact) mass is 252 g/mol. The molecule has 0 unspecified atom stereocenters. The molecule has 1 nitrogen and oxygen atoms in total. The van der Waals surface area contributed by atoms with Crippen molar-refractivity contribution in [2.75, 3.05) is 6.61 Å². The van der Waals surface area contributed by atoms with Crippen molar-refractivity contribution in [3.63, 3.8) is 0 Å². The molecule has 0 fully saturated rings. The van der Waals surface area contributed by atoms with Crippen LogP contribution in [0.1, 0.15) is 12.0 Å². The Kier molecular flexibility index (Phi) is 5.81. The third-order valence-corrected chi connectivity index (χ3v) is 3.97. The molecule has 0 aliphatic carbocycles. The Labute approximate surface area is 123 Å². The molecule has 0 saturated heterocycles. The summed E-state index contributed by atoms with van der Waals surface area (Å²) in [5.74, 6) is 0. The summed E-state index contributed by atoms with van der Waals surface area (Å²) in [6.45, 7) is 7.62. The van der Waals surface area contributed by atoms with Crippen LogP contribution in [0.3, 0.4) is 0 Å². The van der Waals surface area contributed by atoms with Crippen LogP contribution in [-0.4, -0.2) is 14.9 Å². The zero-order valence-electron chi connectivity index (χ0n) is 12.0. The van der Waals surface area contributed by atoms with E-state index in [9.17, 15) is 0 Å². The first-order valence-electron chi connectivity index (χ1n) is 6.33. The number of hydrogen-bond donors (Lipinski definition) is 0. The second-order valence-electron chi connectivity index (χ2n) is 5.51. The Morgan fingerprint density at radius 2 is 1.83 bits per heavy atom. The fourth-order valence-electron chi connectivity index (χ4n) is 2.07. The molecule has 0 heterocycles. The Morgan fingerprint density at radius 3 is 2.56 bits per heavy atom. The molecule has 0 aliphatic rings. The molecule has 0 aliphatic heterocycles. The van der Waals surface area contributed by atoms with Crippen molar-refractivity contribution >= 4 is 19.1 Å². The summed E-state index contributed by atoms with van der Waals surface area (Å²) in [6, 6.07) is 13.1. The fourth-order valence-corrected chi connectivity index (χ4v) is 2.83. The van der Waals surface area contributed by atoms with Gasteiger partial charge in [-0.25, -0.2) is 0 Å². The molecule has 0 bridgehead atoms. The molecule has 0 aromatic heterocycles. The zero-order valence-corrected chi connectivity index (χ0v) is 13.0. The average molecular weight is 252 g/mol. The van der Waals surface area contributed by atoms with E-state index in [2.05, 4.69) is 56.0 Å². The van der Waals surface area contributed by atoms with E-state index in [4.69, 9.17) is 4.43 Å². The van der Waals surface area contributed by atoms with Gasteiger partial charge in [0.1, 0.15) is 0 Å². The normalized spacial score (nSPS) is 11.5. The Hall–Kier alpha value is -0.396. The molecular weight excluding hydrogens is 231 g/mol. The summed E-state index contributed by atoms with van der Waals surface area (Å²) < 4.78 is 5.88. The van der Waals surface area contributed by atoms with Crippen LogP contribution in [0.2, 0.25) is 19.6 Å². The van der Waals surface area contributed by atoms with E-state index in [1.807, 2.05) is 0 Å². The molecule has 18 heavy (non-hydrogen) atoms. The average Bonchev–Trinajstić information content (AvgIpc) is 2.67. The van der Waals surface area contributed by atoms with Gasteiger partial charge >= 0.3 is 18.9 Å². The summed E-state index contributed by atoms with van der Waals surface area (Å²) in [5, 5.41) is 2.76. The van der Waals surface area contributed by atoms with E-state index in [0.29, 0.717) is 0 Å². The van der Waals surface area contributed by atoms with Gasteiger partial charge < -0.3 is 4.43 Å². The van der Waals surface area contributed by atoms with E-state index in [-0.39, 0.29) is 18.9 Å². The largest absolute Gasteiger partial charge is 1.00 e. The molecule has 0 N–H and O–H groups in total. The maximum atomic E-state index is 5.88. The number of hydrogen-bond acceptors (Lipinski definition) is 1. The number of benzene rings is 1. The van der Waals surface area contributed by atoms with Gasteiger partial charge in [-0.3, -0.25) is 0 Å². The van der Waals surface area contributed by atoms with Gasteiger partial charge in [0, 0.05) is 6.61 Å². The Balaban J connectivity index is 0.00000162. The van der Waals surface area contributed by atoms with Crippen LogP contribution in [-0.2, 0) is 10.8 Å². The smallest absolute Gasteiger partial charge is 0.418 e. The summed E-state index contributed by atoms with van der Waals surface area (Å²) >= 11 is 0. The van der Waals surface area contributed by atoms with Crippen LogP contribution in [0.25, 0.3) is 10.8 Å². The third-order valence-electron chi connectivity index (χ3n) is 2.90. The molecule has 92 valence electrons. The zero-order chi connectivity index (χ0) is 12.3. The maximum Gasteiger partial charge on any atom is 1.00 e. The van der Waals surface area contributed by atoms with E-state index in [1.54, 1.807) is 0 Å². The van der Waals surface area contributed by atoms with Crippen molar-refractivity contribution in [1.29, 1.82) is 0 Å². The predicted molar refractivity (Wildman–Crippen MR) is 77.2 cm³/mol. The first-order chi connectivity index (χ1) is 8.06. The van der Waals surface area contributed by atoms with Crippen molar-refractivity contribution in [3.05, 3.63) is 42.0 Å². The van der Waals surface area contributed by atoms with Crippen LogP contribution in [0, 0.1) is 0 Å². The third kappa shape index (κ3) is 4.37. The van der Waals surface area contributed by atoms with Crippen molar-refractivity contribution in [2.45, 2.75) is 32.5 Å². The van der Waals surface area contributed by atoms with E-state index >= 15 is 0 Å². The van der Waals surface area contributed by atoms with Crippen molar-refractivity contribution in [3.8, 4) is 0 Å².